The molecule has 202 valence electrons. The molecule has 1 atom stereocenters. The van der Waals surface area contributed by atoms with Crippen molar-refractivity contribution in [2.45, 2.75) is 37.8 Å². The predicted octanol–water partition coefficient (Wildman–Crippen LogP) is 5.89. The molecule has 0 spiro atoms. The van der Waals surface area contributed by atoms with Crippen LogP contribution in [0.1, 0.15) is 25.8 Å². The van der Waals surface area contributed by atoms with Gasteiger partial charge in [0.2, 0.25) is 11.8 Å². The van der Waals surface area contributed by atoms with Crippen LogP contribution in [0.25, 0.3) is 0 Å². The van der Waals surface area contributed by atoms with Crippen LogP contribution < -0.4 is 9.62 Å². The zero-order valence-corrected chi connectivity index (χ0v) is 24.8. The fourth-order valence-corrected chi connectivity index (χ4v) is 5.87. The van der Waals surface area contributed by atoms with Crippen LogP contribution in [0.5, 0.6) is 0 Å². The minimum absolute atomic E-state index is 0.0399. The maximum absolute atomic E-state index is 13.8. The van der Waals surface area contributed by atoms with Gasteiger partial charge >= 0.3 is 0 Å². The lowest BCUT2D eigenvalue weighted by atomic mass is 10.1. The average molecular weight is 641 g/mol. The Morgan fingerprint density at radius 2 is 1.66 bits per heavy atom. The number of sulfonamides is 1. The molecule has 3 rings (SSSR count). The first-order valence-electron chi connectivity index (χ1n) is 11.9. The molecule has 38 heavy (non-hydrogen) atoms. The molecular formula is C27H28BrCl2N3O4S. The van der Waals surface area contributed by atoms with Crippen LogP contribution in [0.4, 0.5) is 5.69 Å². The SMILES string of the molecule is CCCNC(=O)[C@H](C)N(Cc1cccc(Br)c1)C(=O)CN(c1cccc(Cl)c1)S(=O)(=O)c1ccc(Cl)cc1. The van der Waals surface area contributed by atoms with Crippen LogP contribution >= 0.6 is 39.1 Å². The molecule has 7 nitrogen and oxygen atoms in total. The number of nitrogens with zero attached hydrogens (tertiary/aromatic N) is 2. The highest BCUT2D eigenvalue weighted by atomic mass is 79.9. The van der Waals surface area contributed by atoms with Crippen LogP contribution in [0.2, 0.25) is 10.0 Å². The van der Waals surface area contributed by atoms with Gasteiger partial charge in [0.15, 0.2) is 0 Å². The van der Waals surface area contributed by atoms with Crippen LogP contribution in [-0.2, 0) is 26.2 Å². The Bertz CT molecular complexity index is 1390. The van der Waals surface area contributed by atoms with Gasteiger partial charge in [0.25, 0.3) is 10.0 Å². The fourth-order valence-electron chi connectivity index (χ4n) is 3.70. The lowest BCUT2D eigenvalue weighted by molar-refractivity contribution is -0.139. The normalized spacial score (nSPS) is 12.0. The van der Waals surface area contributed by atoms with E-state index in [9.17, 15) is 18.0 Å². The van der Waals surface area contributed by atoms with E-state index in [2.05, 4.69) is 21.2 Å². The minimum atomic E-state index is -4.20. The number of rotatable bonds is 11. The third kappa shape index (κ3) is 7.72. The van der Waals surface area contributed by atoms with Gasteiger partial charge in [-0.3, -0.25) is 13.9 Å². The molecule has 2 amide bonds. The van der Waals surface area contributed by atoms with E-state index in [1.54, 1.807) is 25.1 Å². The molecule has 3 aromatic carbocycles. The Kier molecular flexibility index (Phi) is 10.6. The van der Waals surface area contributed by atoms with Crippen molar-refractivity contribution >= 4 is 66.7 Å². The summed E-state index contributed by atoms with van der Waals surface area (Å²) in [6.45, 7) is 3.56. The van der Waals surface area contributed by atoms with Gasteiger partial charge in [-0.25, -0.2) is 8.42 Å². The van der Waals surface area contributed by atoms with E-state index < -0.39 is 28.5 Å². The maximum atomic E-state index is 13.8. The van der Waals surface area contributed by atoms with E-state index in [1.165, 1.54) is 35.2 Å². The summed E-state index contributed by atoms with van der Waals surface area (Å²) in [5.74, 6) is -0.883. The highest BCUT2D eigenvalue weighted by Gasteiger charge is 2.32. The Balaban J connectivity index is 2.02. The summed E-state index contributed by atoms with van der Waals surface area (Å²) < 4.78 is 29.3. The van der Waals surface area contributed by atoms with Gasteiger partial charge in [-0.05, 0) is 73.5 Å². The molecule has 0 aliphatic carbocycles. The summed E-state index contributed by atoms with van der Waals surface area (Å²) in [4.78, 5) is 28.0. The van der Waals surface area contributed by atoms with Gasteiger partial charge in [-0.1, -0.05) is 64.3 Å². The van der Waals surface area contributed by atoms with Crippen molar-refractivity contribution in [3.05, 3.63) is 92.9 Å². The summed E-state index contributed by atoms with van der Waals surface area (Å²) in [6.07, 6.45) is 0.736. The third-order valence-corrected chi connectivity index (χ3v) is 8.50. The van der Waals surface area contributed by atoms with Crippen molar-refractivity contribution < 1.29 is 18.0 Å². The lowest BCUT2D eigenvalue weighted by Gasteiger charge is -2.32. The van der Waals surface area contributed by atoms with Crippen LogP contribution in [0, 0.1) is 0 Å². The Hall–Kier alpha value is -2.59. The van der Waals surface area contributed by atoms with Crippen LogP contribution in [0.3, 0.4) is 0 Å². The molecule has 3 aromatic rings. The van der Waals surface area contributed by atoms with E-state index in [0.717, 1.165) is 20.8 Å². The third-order valence-electron chi connectivity index (χ3n) is 5.74. The van der Waals surface area contributed by atoms with Gasteiger partial charge in [0, 0.05) is 27.6 Å². The Morgan fingerprint density at radius 3 is 2.29 bits per heavy atom. The second kappa shape index (κ2) is 13.5. The zero-order valence-electron chi connectivity index (χ0n) is 20.9. The van der Waals surface area contributed by atoms with E-state index >= 15 is 0 Å². The largest absolute Gasteiger partial charge is 0.354 e. The number of carbonyl (C=O) groups excluding carboxylic acids is 2. The van der Waals surface area contributed by atoms with Crippen LogP contribution in [-0.4, -0.2) is 44.3 Å². The van der Waals surface area contributed by atoms with Gasteiger partial charge in [0.05, 0.1) is 10.6 Å². The van der Waals surface area contributed by atoms with Crippen molar-refractivity contribution in [1.82, 2.24) is 10.2 Å². The first-order chi connectivity index (χ1) is 18.0. The molecule has 0 aromatic heterocycles. The number of nitrogens with one attached hydrogen (secondary N) is 1. The summed E-state index contributed by atoms with van der Waals surface area (Å²) in [7, 11) is -4.20. The van der Waals surface area contributed by atoms with E-state index in [1.807, 2.05) is 31.2 Å². The van der Waals surface area contributed by atoms with Gasteiger partial charge in [0.1, 0.15) is 12.6 Å². The predicted molar refractivity (Wildman–Crippen MR) is 155 cm³/mol. The van der Waals surface area contributed by atoms with Crippen molar-refractivity contribution in [1.29, 1.82) is 0 Å². The molecule has 0 aliphatic rings. The average Bonchev–Trinajstić information content (AvgIpc) is 2.88. The second-order valence-corrected chi connectivity index (χ2v) is 12.2. The monoisotopic (exact) mass is 639 g/mol. The molecule has 0 aliphatic heterocycles. The first kappa shape index (κ1) is 30.0. The highest BCUT2D eigenvalue weighted by Crippen LogP contribution is 2.27. The van der Waals surface area contributed by atoms with E-state index in [0.29, 0.717) is 16.6 Å². The number of anilines is 1. The van der Waals surface area contributed by atoms with Crippen molar-refractivity contribution in [3.63, 3.8) is 0 Å². The standard InChI is InChI=1S/C27H28BrCl2N3O4S/c1-3-14-31-27(35)19(2)32(17-20-6-4-7-21(28)15-20)26(34)18-33(24-9-5-8-23(30)16-24)38(36,37)25-12-10-22(29)11-13-25/h4-13,15-16,19H,3,14,17-18H2,1-2H3,(H,31,35)/t19-/m0/s1. The Morgan fingerprint density at radius 1 is 0.974 bits per heavy atom. The smallest absolute Gasteiger partial charge is 0.264 e. The minimum Gasteiger partial charge on any atom is -0.354 e. The number of amides is 2. The number of hydrogen-bond acceptors (Lipinski definition) is 4. The van der Waals surface area contributed by atoms with E-state index in [-0.39, 0.29) is 23.0 Å². The zero-order chi connectivity index (χ0) is 27.9. The molecule has 0 fully saturated rings. The van der Waals surface area contributed by atoms with Gasteiger partial charge < -0.3 is 10.2 Å². The molecule has 0 heterocycles. The molecule has 0 saturated carbocycles. The highest BCUT2D eigenvalue weighted by molar-refractivity contribution is 9.10. The lowest BCUT2D eigenvalue weighted by Crippen LogP contribution is -2.51. The second-order valence-electron chi connectivity index (χ2n) is 8.56. The first-order valence-corrected chi connectivity index (χ1v) is 14.9. The van der Waals surface area contributed by atoms with Gasteiger partial charge in [-0.2, -0.15) is 0 Å². The maximum Gasteiger partial charge on any atom is 0.264 e. The summed E-state index contributed by atoms with van der Waals surface area (Å²) >= 11 is 15.6. The number of benzene rings is 3. The molecular weight excluding hydrogens is 613 g/mol. The molecule has 11 heteroatoms. The number of halogens is 3. The topological polar surface area (TPSA) is 86.8 Å². The van der Waals surface area contributed by atoms with Crippen molar-refractivity contribution in [2.24, 2.45) is 0 Å². The summed E-state index contributed by atoms with van der Waals surface area (Å²) in [5, 5.41) is 3.50. The summed E-state index contributed by atoms with van der Waals surface area (Å²) in [5.41, 5.74) is 0.990. The molecule has 0 saturated heterocycles. The Labute approximate surface area is 241 Å². The van der Waals surface area contributed by atoms with Gasteiger partial charge in [-0.15, -0.1) is 0 Å². The quantitative estimate of drug-likeness (QED) is 0.283. The summed E-state index contributed by atoms with van der Waals surface area (Å²) in [6, 6.07) is 18.4. The number of hydrogen-bond donors (Lipinski definition) is 1. The van der Waals surface area contributed by atoms with E-state index in [4.69, 9.17) is 23.2 Å². The van der Waals surface area contributed by atoms with Crippen LogP contribution in [0.15, 0.2) is 82.2 Å². The number of carbonyl (C=O) groups is 2. The van der Waals surface area contributed by atoms with Crippen molar-refractivity contribution in [2.75, 3.05) is 17.4 Å². The molecule has 0 bridgehead atoms. The molecule has 0 radical (unpaired) electrons. The molecule has 1 N–H and O–H groups in total. The fraction of sp³-hybridized carbons (Fsp3) is 0.259. The molecule has 0 unspecified atom stereocenters. The van der Waals surface area contributed by atoms with Crippen molar-refractivity contribution in [3.8, 4) is 0 Å².